The number of unbranched alkanes of at least 4 members (excludes halogenated alkanes) is 2. The van der Waals surface area contributed by atoms with Crippen LogP contribution in [0, 0.1) is 5.82 Å². The minimum atomic E-state index is -0.173. The number of esters is 1. The number of aryl methyl sites for hydroxylation is 1. The first kappa shape index (κ1) is 15.7. The maximum Gasteiger partial charge on any atom is 0.305 e. The molecular formula is C16H23FO2. The smallest absolute Gasteiger partial charge is 0.305 e. The Balaban J connectivity index is 2.40. The van der Waals surface area contributed by atoms with Gasteiger partial charge in [-0.05, 0) is 42.4 Å². The molecule has 0 amide bonds. The minimum absolute atomic E-state index is 0.127. The summed E-state index contributed by atoms with van der Waals surface area (Å²) in [5, 5.41) is 0. The van der Waals surface area contributed by atoms with E-state index in [1.807, 2.05) is 12.1 Å². The van der Waals surface area contributed by atoms with Crippen LogP contribution in [0.3, 0.4) is 0 Å². The lowest BCUT2D eigenvalue weighted by Gasteiger charge is -2.09. The van der Waals surface area contributed by atoms with E-state index in [0.29, 0.717) is 12.3 Å². The highest BCUT2D eigenvalue weighted by Gasteiger charge is 2.06. The molecule has 1 aromatic rings. The van der Waals surface area contributed by atoms with Crippen molar-refractivity contribution in [2.45, 2.75) is 51.9 Å². The van der Waals surface area contributed by atoms with Crippen molar-refractivity contribution < 1.29 is 13.9 Å². The summed E-state index contributed by atoms with van der Waals surface area (Å²) in [6.45, 7) is 4.21. The van der Waals surface area contributed by atoms with Gasteiger partial charge in [-0.3, -0.25) is 4.79 Å². The summed E-state index contributed by atoms with van der Waals surface area (Å²) in [6.07, 6.45) is 3.80. The van der Waals surface area contributed by atoms with Gasteiger partial charge < -0.3 is 4.74 Å². The minimum Gasteiger partial charge on any atom is -0.469 e. The molecule has 2 nitrogen and oxygen atoms in total. The van der Waals surface area contributed by atoms with E-state index in [-0.39, 0.29) is 11.8 Å². The standard InChI is InChI=1S/C16H23FO2/c1-12(2)13-9-10-15(17)14(11-13)7-5-4-6-8-16(18)19-3/h9-12H,4-8H2,1-3H3. The second kappa shape index (κ2) is 7.93. The number of carbonyl (C=O) groups excluding carboxylic acids is 1. The Morgan fingerprint density at radius 3 is 2.63 bits per heavy atom. The van der Waals surface area contributed by atoms with E-state index >= 15 is 0 Å². The van der Waals surface area contributed by atoms with Gasteiger partial charge in [-0.2, -0.15) is 0 Å². The summed E-state index contributed by atoms with van der Waals surface area (Å²) < 4.78 is 18.2. The van der Waals surface area contributed by atoms with Crippen LogP contribution in [0.15, 0.2) is 18.2 Å². The summed E-state index contributed by atoms with van der Waals surface area (Å²) in [5.41, 5.74) is 1.95. The molecule has 1 rings (SSSR count). The Hall–Kier alpha value is -1.38. The van der Waals surface area contributed by atoms with Crippen LogP contribution >= 0.6 is 0 Å². The van der Waals surface area contributed by atoms with Gasteiger partial charge in [0.15, 0.2) is 0 Å². The Kier molecular flexibility index (Phi) is 6.54. The maximum atomic E-state index is 13.7. The fraction of sp³-hybridized carbons (Fsp3) is 0.562. The fourth-order valence-corrected chi connectivity index (χ4v) is 2.01. The second-order valence-electron chi connectivity index (χ2n) is 5.14. The third kappa shape index (κ3) is 5.41. The molecule has 3 heteroatoms. The van der Waals surface area contributed by atoms with Crippen molar-refractivity contribution in [3.8, 4) is 0 Å². The molecule has 0 saturated carbocycles. The molecule has 0 N–H and O–H groups in total. The van der Waals surface area contributed by atoms with Crippen LogP contribution in [0.25, 0.3) is 0 Å². The van der Waals surface area contributed by atoms with Crippen LogP contribution in [-0.2, 0) is 16.0 Å². The second-order valence-corrected chi connectivity index (χ2v) is 5.14. The number of hydrogen-bond acceptors (Lipinski definition) is 2. The molecule has 0 atom stereocenters. The van der Waals surface area contributed by atoms with E-state index < -0.39 is 0 Å². The highest BCUT2D eigenvalue weighted by molar-refractivity contribution is 5.68. The number of methoxy groups -OCH3 is 1. The van der Waals surface area contributed by atoms with Crippen LogP contribution < -0.4 is 0 Å². The van der Waals surface area contributed by atoms with Crippen molar-refractivity contribution in [2.24, 2.45) is 0 Å². The topological polar surface area (TPSA) is 26.3 Å². The molecule has 0 bridgehead atoms. The first-order valence-electron chi connectivity index (χ1n) is 6.89. The third-order valence-corrected chi connectivity index (χ3v) is 3.29. The van der Waals surface area contributed by atoms with Gasteiger partial charge >= 0.3 is 5.97 Å². The molecule has 1 aromatic carbocycles. The normalized spacial score (nSPS) is 10.8. The average Bonchev–Trinajstić information content (AvgIpc) is 2.39. The molecule has 0 fully saturated rings. The SMILES string of the molecule is COC(=O)CCCCCc1cc(C(C)C)ccc1F. The van der Waals surface area contributed by atoms with Gasteiger partial charge in [0, 0.05) is 6.42 Å². The Bertz CT molecular complexity index is 413. The number of ether oxygens (including phenoxy) is 1. The average molecular weight is 266 g/mol. The summed E-state index contributed by atoms with van der Waals surface area (Å²) in [5.74, 6) is 0.115. The molecule has 0 aliphatic heterocycles. The van der Waals surface area contributed by atoms with Gasteiger partial charge in [-0.1, -0.05) is 32.4 Å². The van der Waals surface area contributed by atoms with E-state index in [1.165, 1.54) is 12.7 Å². The van der Waals surface area contributed by atoms with Gasteiger partial charge in [0.2, 0.25) is 0 Å². The van der Waals surface area contributed by atoms with Crippen LogP contribution in [0.5, 0.6) is 0 Å². The van der Waals surface area contributed by atoms with Gasteiger partial charge in [0.25, 0.3) is 0 Å². The summed E-state index contributed by atoms with van der Waals surface area (Å²) in [6, 6.07) is 5.36. The van der Waals surface area contributed by atoms with Gasteiger partial charge in [-0.15, -0.1) is 0 Å². The van der Waals surface area contributed by atoms with Crippen LogP contribution in [0.2, 0.25) is 0 Å². The number of carbonyl (C=O) groups is 1. The molecular weight excluding hydrogens is 243 g/mol. The van der Waals surface area contributed by atoms with Crippen molar-refractivity contribution in [2.75, 3.05) is 7.11 Å². The van der Waals surface area contributed by atoms with E-state index in [9.17, 15) is 9.18 Å². The van der Waals surface area contributed by atoms with Gasteiger partial charge in [-0.25, -0.2) is 4.39 Å². The predicted octanol–water partition coefficient (Wildman–Crippen LogP) is 4.23. The van der Waals surface area contributed by atoms with Gasteiger partial charge in [0.1, 0.15) is 5.82 Å². The zero-order chi connectivity index (χ0) is 14.3. The lowest BCUT2D eigenvalue weighted by molar-refractivity contribution is -0.140. The molecule has 0 saturated heterocycles. The molecule has 0 aliphatic rings. The molecule has 106 valence electrons. The number of rotatable bonds is 7. The number of halogens is 1. The highest BCUT2D eigenvalue weighted by Crippen LogP contribution is 2.20. The third-order valence-electron chi connectivity index (χ3n) is 3.29. The number of benzene rings is 1. The van der Waals surface area contributed by atoms with Crippen LogP contribution in [0.1, 0.15) is 56.6 Å². The fourth-order valence-electron chi connectivity index (χ4n) is 2.01. The summed E-state index contributed by atoms with van der Waals surface area (Å²) in [4.78, 5) is 10.9. The lowest BCUT2D eigenvalue weighted by atomic mass is 9.98. The molecule has 0 heterocycles. The zero-order valence-electron chi connectivity index (χ0n) is 12.0. The van der Waals surface area contributed by atoms with Crippen LogP contribution in [-0.4, -0.2) is 13.1 Å². The first-order chi connectivity index (χ1) is 9.04. The van der Waals surface area contributed by atoms with E-state index in [0.717, 1.165) is 31.2 Å². The van der Waals surface area contributed by atoms with Crippen molar-refractivity contribution in [1.29, 1.82) is 0 Å². The Labute approximate surface area is 115 Å². The lowest BCUT2D eigenvalue weighted by Crippen LogP contribution is -2.00. The molecule has 0 spiro atoms. The monoisotopic (exact) mass is 266 g/mol. The summed E-state index contributed by atoms with van der Waals surface area (Å²) in [7, 11) is 1.40. The Morgan fingerprint density at radius 2 is 2.00 bits per heavy atom. The molecule has 0 aliphatic carbocycles. The Morgan fingerprint density at radius 1 is 1.26 bits per heavy atom. The number of hydrogen-bond donors (Lipinski definition) is 0. The van der Waals surface area contributed by atoms with Gasteiger partial charge in [0.05, 0.1) is 7.11 Å². The summed E-state index contributed by atoms with van der Waals surface area (Å²) >= 11 is 0. The quantitative estimate of drug-likeness (QED) is 0.545. The predicted molar refractivity (Wildman–Crippen MR) is 74.7 cm³/mol. The molecule has 0 unspecified atom stereocenters. The molecule has 0 aromatic heterocycles. The highest BCUT2D eigenvalue weighted by atomic mass is 19.1. The molecule has 0 radical (unpaired) electrons. The molecule has 19 heavy (non-hydrogen) atoms. The van der Waals surface area contributed by atoms with Crippen molar-refractivity contribution in [3.05, 3.63) is 35.1 Å². The van der Waals surface area contributed by atoms with Crippen molar-refractivity contribution in [1.82, 2.24) is 0 Å². The van der Waals surface area contributed by atoms with E-state index in [2.05, 4.69) is 18.6 Å². The van der Waals surface area contributed by atoms with Crippen molar-refractivity contribution >= 4 is 5.97 Å². The zero-order valence-corrected chi connectivity index (χ0v) is 12.0. The van der Waals surface area contributed by atoms with E-state index in [4.69, 9.17) is 0 Å². The maximum absolute atomic E-state index is 13.7. The van der Waals surface area contributed by atoms with Crippen molar-refractivity contribution in [3.63, 3.8) is 0 Å². The van der Waals surface area contributed by atoms with E-state index in [1.54, 1.807) is 6.07 Å². The first-order valence-corrected chi connectivity index (χ1v) is 6.89. The van der Waals surface area contributed by atoms with Crippen LogP contribution in [0.4, 0.5) is 4.39 Å². The largest absolute Gasteiger partial charge is 0.469 e.